The summed E-state index contributed by atoms with van der Waals surface area (Å²) in [5.74, 6) is 1.29. The molecule has 1 rings (SSSR count). The number of benzene rings is 1. The van der Waals surface area contributed by atoms with Crippen molar-refractivity contribution in [3.63, 3.8) is 0 Å². The van der Waals surface area contributed by atoms with Gasteiger partial charge >= 0.3 is 0 Å². The lowest BCUT2D eigenvalue weighted by Crippen LogP contribution is -2.24. The highest BCUT2D eigenvalue weighted by Gasteiger charge is 2.07. The van der Waals surface area contributed by atoms with E-state index in [9.17, 15) is 4.79 Å². The van der Waals surface area contributed by atoms with Crippen LogP contribution in [0.2, 0.25) is 0 Å². The van der Waals surface area contributed by atoms with Crippen LogP contribution in [0.1, 0.15) is 56.3 Å². The molecule has 0 aliphatic carbocycles. The Hall–Kier alpha value is -1.71. The van der Waals surface area contributed by atoms with Crippen molar-refractivity contribution in [3.05, 3.63) is 23.8 Å². The van der Waals surface area contributed by atoms with Gasteiger partial charge < -0.3 is 15.8 Å². The Kier molecular flexibility index (Phi) is 7.65. The first kappa shape index (κ1) is 17.3. The van der Waals surface area contributed by atoms with Crippen molar-refractivity contribution >= 4 is 11.6 Å². The number of methoxy groups -OCH3 is 1. The van der Waals surface area contributed by atoms with Gasteiger partial charge in [0.1, 0.15) is 5.75 Å². The molecule has 0 spiro atoms. The third-order valence-electron chi connectivity index (χ3n) is 3.42. The molecule has 4 nitrogen and oxygen atoms in total. The molecule has 1 aromatic carbocycles. The predicted octanol–water partition coefficient (Wildman–Crippen LogP) is 3.61. The van der Waals surface area contributed by atoms with E-state index in [1.54, 1.807) is 25.3 Å². The lowest BCUT2D eigenvalue weighted by atomic mass is 10.0. The number of ether oxygens (including phenoxy) is 1. The van der Waals surface area contributed by atoms with Gasteiger partial charge in [0, 0.05) is 23.9 Å². The fraction of sp³-hybridized carbons (Fsp3) is 0.588. The molecule has 3 N–H and O–H groups in total. The first-order valence-corrected chi connectivity index (χ1v) is 7.75. The van der Waals surface area contributed by atoms with Crippen molar-refractivity contribution in [2.75, 3.05) is 19.4 Å². The Bertz CT molecular complexity index is 444. The lowest BCUT2D eigenvalue weighted by molar-refractivity contribution is 0.0952. The molecule has 0 unspecified atom stereocenters. The molecule has 4 heteroatoms. The van der Waals surface area contributed by atoms with Crippen LogP contribution in [0.3, 0.4) is 0 Å². The summed E-state index contributed by atoms with van der Waals surface area (Å²) in [5, 5.41) is 2.93. The third-order valence-corrected chi connectivity index (χ3v) is 3.42. The number of carbonyl (C=O) groups is 1. The summed E-state index contributed by atoms with van der Waals surface area (Å²) in [5.41, 5.74) is 6.83. The maximum atomic E-state index is 12.0. The van der Waals surface area contributed by atoms with E-state index >= 15 is 0 Å². The van der Waals surface area contributed by atoms with Gasteiger partial charge in [0.25, 0.3) is 5.91 Å². The van der Waals surface area contributed by atoms with Crippen LogP contribution < -0.4 is 15.8 Å². The summed E-state index contributed by atoms with van der Waals surface area (Å²) in [6, 6.07) is 5.07. The Morgan fingerprint density at radius 3 is 2.57 bits per heavy atom. The van der Waals surface area contributed by atoms with Gasteiger partial charge in [-0.1, -0.05) is 39.5 Å². The molecule has 0 radical (unpaired) electrons. The molecule has 1 aromatic rings. The fourth-order valence-corrected chi connectivity index (χ4v) is 2.21. The van der Waals surface area contributed by atoms with Crippen molar-refractivity contribution in [1.82, 2.24) is 5.32 Å². The summed E-state index contributed by atoms with van der Waals surface area (Å²) < 4.78 is 5.12. The van der Waals surface area contributed by atoms with E-state index in [1.807, 2.05) is 0 Å². The van der Waals surface area contributed by atoms with Crippen LogP contribution in [0.25, 0.3) is 0 Å². The van der Waals surface area contributed by atoms with E-state index < -0.39 is 0 Å². The van der Waals surface area contributed by atoms with Crippen LogP contribution in [0, 0.1) is 5.92 Å². The van der Waals surface area contributed by atoms with Crippen molar-refractivity contribution in [1.29, 1.82) is 0 Å². The molecule has 0 saturated carbocycles. The van der Waals surface area contributed by atoms with Crippen molar-refractivity contribution < 1.29 is 9.53 Å². The normalized spacial score (nSPS) is 10.7. The highest BCUT2D eigenvalue weighted by Crippen LogP contribution is 2.18. The van der Waals surface area contributed by atoms with Gasteiger partial charge in [-0.2, -0.15) is 0 Å². The molecule has 0 fully saturated rings. The highest BCUT2D eigenvalue weighted by molar-refractivity contribution is 5.95. The molecular weight excluding hydrogens is 264 g/mol. The maximum Gasteiger partial charge on any atom is 0.251 e. The predicted molar refractivity (Wildman–Crippen MR) is 87.7 cm³/mol. The van der Waals surface area contributed by atoms with Crippen LogP contribution in [-0.2, 0) is 0 Å². The van der Waals surface area contributed by atoms with Crippen LogP contribution in [-0.4, -0.2) is 19.6 Å². The Balaban J connectivity index is 2.26. The van der Waals surface area contributed by atoms with E-state index in [0.717, 1.165) is 18.8 Å². The molecule has 0 heterocycles. The number of amides is 1. The third kappa shape index (κ3) is 7.02. The first-order valence-electron chi connectivity index (χ1n) is 7.75. The number of carbonyl (C=O) groups excluding carboxylic acids is 1. The minimum Gasteiger partial charge on any atom is -0.497 e. The number of hydrogen-bond acceptors (Lipinski definition) is 3. The van der Waals surface area contributed by atoms with Gasteiger partial charge in [-0.05, 0) is 24.5 Å². The smallest absolute Gasteiger partial charge is 0.251 e. The van der Waals surface area contributed by atoms with E-state index in [4.69, 9.17) is 10.5 Å². The standard InChI is InChI=1S/C17H28N2O2/c1-13(2)8-6-4-5-7-9-19-17(20)14-10-15(18)12-16(11-14)21-3/h10-13H,4-9,18H2,1-3H3,(H,19,20). The van der Waals surface area contributed by atoms with Crippen LogP contribution in [0.5, 0.6) is 5.75 Å². The first-order chi connectivity index (χ1) is 10.0. The molecule has 118 valence electrons. The van der Waals surface area contributed by atoms with Gasteiger partial charge in [-0.25, -0.2) is 0 Å². The van der Waals surface area contributed by atoms with Gasteiger partial charge in [-0.15, -0.1) is 0 Å². The Morgan fingerprint density at radius 1 is 1.19 bits per heavy atom. The van der Waals surface area contributed by atoms with E-state index in [1.165, 1.54) is 19.3 Å². The number of unbranched alkanes of at least 4 members (excludes halogenated alkanes) is 3. The summed E-state index contributed by atoms with van der Waals surface area (Å²) >= 11 is 0. The topological polar surface area (TPSA) is 64.3 Å². The number of hydrogen-bond donors (Lipinski definition) is 2. The van der Waals surface area contributed by atoms with E-state index in [-0.39, 0.29) is 5.91 Å². The summed E-state index contributed by atoms with van der Waals surface area (Å²) in [6.07, 6.45) is 5.98. The number of nitrogens with one attached hydrogen (secondary N) is 1. The quantitative estimate of drug-likeness (QED) is 0.540. The molecule has 0 aliphatic heterocycles. The highest BCUT2D eigenvalue weighted by atomic mass is 16.5. The molecule has 1 amide bonds. The molecule has 21 heavy (non-hydrogen) atoms. The number of anilines is 1. The molecule has 0 bridgehead atoms. The lowest BCUT2D eigenvalue weighted by Gasteiger charge is -2.08. The number of rotatable bonds is 9. The summed E-state index contributed by atoms with van der Waals surface area (Å²) in [4.78, 5) is 12.0. The minimum atomic E-state index is -0.0946. The van der Waals surface area contributed by atoms with Crippen molar-refractivity contribution in [3.8, 4) is 5.75 Å². The average Bonchev–Trinajstić information content (AvgIpc) is 2.44. The second-order valence-electron chi connectivity index (χ2n) is 5.85. The van der Waals surface area contributed by atoms with Crippen molar-refractivity contribution in [2.45, 2.75) is 46.0 Å². The largest absolute Gasteiger partial charge is 0.497 e. The van der Waals surface area contributed by atoms with Gasteiger partial charge in [0.2, 0.25) is 0 Å². The van der Waals surface area contributed by atoms with Crippen LogP contribution in [0.4, 0.5) is 5.69 Å². The minimum absolute atomic E-state index is 0.0946. The number of nitrogen functional groups attached to an aromatic ring is 1. The van der Waals surface area contributed by atoms with Gasteiger partial charge in [0.15, 0.2) is 0 Å². The van der Waals surface area contributed by atoms with Gasteiger partial charge in [0.05, 0.1) is 7.11 Å². The second-order valence-corrected chi connectivity index (χ2v) is 5.85. The SMILES string of the molecule is COc1cc(N)cc(C(=O)NCCCCCCC(C)C)c1. The summed E-state index contributed by atoms with van der Waals surface area (Å²) in [7, 11) is 1.56. The van der Waals surface area contributed by atoms with Crippen LogP contribution >= 0.6 is 0 Å². The molecule has 0 atom stereocenters. The molecular formula is C17H28N2O2. The zero-order valence-electron chi connectivity index (χ0n) is 13.4. The molecule has 0 saturated heterocycles. The zero-order chi connectivity index (χ0) is 15.7. The second kappa shape index (κ2) is 9.27. The molecule has 0 aliphatic rings. The van der Waals surface area contributed by atoms with Crippen molar-refractivity contribution in [2.24, 2.45) is 5.92 Å². The van der Waals surface area contributed by atoms with Crippen LogP contribution in [0.15, 0.2) is 18.2 Å². The summed E-state index contributed by atoms with van der Waals surface area (Å²) in [6.45, 7) is 5.21. The fourth-order valence-electron chi connectivity index (χ4n) is 2.21. The monoisotopic (exact) mass is 292 g/mol. The number of nitrogens with two attached hydrogens (primary N) is 1. The van der Waals surface area contributed by atoms with Gasteiger partial charge in [-0.3, -0.25) is 4.79 Å². The zero-order valence-corrected chi connectivity index (χ0v) is 13.4. The average molecular weight is 292 g/mol. The Labute approximate surface area is 128 Å². The molecule has 0 aromatic heterocycles. The maximum absolute atomic E-state index is 12.0. The van der Waals surface area contributed by atoms with E-state index in [0.29, 0.717) is 23.5 Å². The Morgan fingerprint density at radius 2 is 1.90 bits per heavy atom. The van der Waals surface area contributed by atoms with E-state index in [2.05, 4.69) is 19.2 Å².